The van der Waals surface area contributed by atoms with Crippen molar-refractivity contribution in [3.63, 3.8) is 0 Å². The maximum absolute atomic E-state index is 13.1. The fourth-order valence-corrected chi connectivity index (χ4v) is 3.68. The highest BCUT2D eigenvalue weighted by molar-refractivity contribution is 9.10. The van der Waals surface area contributed by atoms with E-state index in [-0.39, 0.29) is 11.9 Å². The number of carbonyl (C=O) groups excluding carboxylic acids is 1. The molecule has 2 heterocycles. The van der Waals surface area contributed by atoms with E-state index in [1.165, 1.54) is 5.01 Å². The molecule has 0 radical (unpaired) electrons. The minimum atomic E-state index is -0.214. The van der Waals surface area contributed by atoms with Crippen LogP contribution in [0.4, 0.5) is 0 Å². The maximum Gasteiger partial charge on any atom is 0.274 e. The zero-order valence-electron chi connectivity index (χ0n) is 13.6. The lowest BCUT2D eigenvalue weighted by atomic mass is 10.0. The van der Waals surface area contributed by atoms with Gasteiger partial charge in [-0.25, -0.2) is 5.01 Å². The number of nitrogens with zero attached hydrogens (tertiary/aromatic N) is 2. The maximum atomic E-state index is 13.1. The summed E-state index contributed by atoms with van der Waals surface area (Å²) >= 11 is 9.53. The predicted octanol–water partition coefficient (Wildman–Crippen LogP) is 5.69. The van der Waals surface area contributed by atoms with Gasteiger partial charge < -0.3 is 4.42 Å². The van der Waals surface area contributed by atoms with E-state index < -0.39 is 0 Å². The smallest absolute Gasteiger partial charge is 0.274 e. The molecule has 0 aliphatic carbocycles. The lowest BCUT2D eigenvalue weighted by Gasteiger charge is -2.23. The molecule has 26 heavy (non-hydrogen) atoms. The van der Waals surface area contributed by atoms with Crippen molar-refractivity contribution in [3.05, 3.63) is 93.3 Å². The Morgan fingerprint density at radius 1 is 1.12 bits per heavy atom. The highest BCUT2D eigenvalue weighted by Crippen LogP contribution is 2.37. The van der Waals surface area contributed by atoms with Gasteiger partial charge in [0.05, 0.1) is 12.3 Å². The lowest BCUT2D eigenvalue weighted by molar-refractivity contribution is 0.0710. The zero-order chi connectivity index (χ0) is 18.1. The van der Waals surface area contributed by atoms with Gasteiger partial charge in [-0.05, 0) is 48.0 Å². The number of hydrazone groups is 1. The predicted molar refractivity (Wildman–Crippen MR) is 104 cm³/mol. The van der Waals surface area contributed by atoms with E-state index in [1.807, 2.05) is 36.4 Å². The minimum absolute atomic E-state index is 0.177. The molecule has 1 unspecified atom stereocenters. The first-order valence-corrected chi connectivity index (χ1v) is 9.25. The third kappa shape index (κ3) is 3.20. The molecule has 0 spiro atoms. The van der Waals surface area contributed by atoms with E-state index in [0.717, 1.165) is 15.7 Å². The van der Waals surface area contributed by atoms with Gasteiger partial charge in [0, 0.05) is 21.5 Å². The monoisotopic (exact) mass is 428 g/mol. The molecule has 0 N–H and O–H groups in total. The van der Waals surface area contributed by atoms with Gasteiger partial charge in [0.25, 0.3) is 5.91 Å². The van der Waals surface area contributed by atoms with Gasteiger partial charge in [-0.1, -0.05) is 45.7 Å². The van der Waals surface area contributed by atoms with Gasteiger partial charge in [-0.15, -0.1) is 0 Å². The number of benzene rings is 2. The van der Waals surface area contributed by atoms with Crippen LogP contribution in [0.5, 0.6) is 0 Å². The summed E-state index contributed by atoms with van der Waals surface area (Å²) in [5, 5.41) is 6.70. The van der Waals surface area contributed by atoms with Gasteiger partial charge in [0.15, 0.2) is 0 Å². The lowest BCUT2D eigenvalue weighted by Crippen LogP contribution is -2.27. The zero-order valence-corrected chi connectivity index (χ0v) is 15.9. The minimum Gasteiger partial charge on any atom is -0.463 e. The third-order valence-corrected chi connectivity index (χ3v) is 5.25. The highest BCUT2D eigenvalue weighted by atomic mass is 79.9. The van der Waals surface area contributed by atoms with Crippen molar-refractivity contribution in [1.82, 2.24) is 5.01 Å². The van der Waals surface area contributed by atoms with Crippen LogP contribution in [-0.2, 0) is 0 Å². The Hall–Kier alpha value is -2.37. The van der Waals surface area contributed by atoms with Crippen molar-refractivity contribution in [1.29, 1.82) is 0 Å². The Bertz CT molecular complexity index is 968. The Morgan fingerprint density at radius 2 is 1.88 bits per heavy atom. The average Bonchev–Trinajstić information content (AvgIpc) is 3.32. The molecule has 1 amide bonds. The topological polar surface area (TPSA) is 45.8 Å². The van der Waals surface area contributed by atoms with E-state index in [2.05, 4.69) is 21.0 Å². The molecule has 1 atom stereocenters. The molecule has 130 valence electrons. The fourth-order valence-electron chi connectivity index (χ4n) is 3.00. The Labute approximate surface area is 164 Å². The fraction of sp³-hybridized carbons (Fsp3) is 0.100. The van der Waals surface area contributed by atoms with Crippen molar-refractivity contribution < 1.29 is 9.21 Å². The van der Waals surface area contributed by atoms with Crippen molar-refractivity contribution in [2.24, 2.45) is 5.10 Å². The van der Waals surface area contributed by atoms with Gasteiger partial charge >= 0.3 is 0 Å². The van der Waals surface area contributed by atoms with Crippen LogP contribution >= 0.6 is 27.5 Å². The van der Waals surface area contributed by atoms with Crippen molar-refractivity contribution in [2.75, 3.05) is 0 Å². The third-order valence-electron chi connectivity index (χ3n) is 4.28. The molecule has 0 saturated carbocycles. The number of hydrogen-bond acceptors (Lipinski definition) is 3. The Balaban J connectivity index is 1.74. The van der Waals surface area contributed by atoms with Crippen LogP contribution in [0.15, 0.2) is 80.9 Å². The summed E-state index contributed by atoms with van der Waals surface area (Å²) in [7, 11) is 0. The molecule has 6 heteroatoms. The number of rotatable bonds is 3. The van der Waals surface area contributed by atoms with Crippen LogP contribution in [0.25, 0.3) is 0 Å². The van der Waals surface area contributed by atoms with E-state index in [0.29, 0.717) is 22.8 Å². The van der Waals surface area contributed by atoms with Crippen LogP contribution in [-0.4, -0.2) is 16.6 Å². The van der Waals surface area contributed by atoms with Gasteiger partial charge in [-0.3, -0.25) is 4.79 Å². The molecule has 2 aromatic carbocycles. The van der Waals surface area contributed by atoms with E-state index in [9.17, 15) is 4.79 Å². The van der Waals surface area contributed by atoms with E-state index in [1.54, 1.807) is 30.5 Å². The summed E-state index contributed by atoms with van der Waals surface area (Å²) in [6.45, 7) is 0. The Kier molecular flexibility index (Phi) is 4.66. The summed E-state index contributed by atoms with van der Waals surface area (Å²) in [6, 6.07) is 18.1. The molecular weight excluding hydrogens is 416 g/mol. The molecule has 3 aromatic rings. The van der Waals surface area contributed by atoms with Crippen LogP contribution in [0.2, 0.25) is 5.02 Å². The first-order chi connectivity index (χ1) is 12.6. The van der Waals surface area contributed by atoms with Gasteiger partial charge in [0.1, 0.15) is 11.5 Å². The standard InChI is InChI=1S/C20H14BrClN2O2/c21-16-5-2-1-4-15(16)18-12-17(19-6-3-11-26-19)23-24(18)20(25)13-7-9-14(22)10-8-13/h1-11,18H,12H2. The second kappa shape index (κ2) is 7.09. The molecule has 0 bridgehead atoms. The summed E-state index contributed by atoms with van der Waals surface area (Å²) in [5.41, 5.74) is 2.29. The SMILES string of the molecule is O=C(c1ccc(Cl)cc1)N1N=C(c2ccco2)CC1c1ccccc1Br. The van der Waals surface area contributed by atoms with Crippen molar-refractivity contribution >= 4 is 39.1 Å². The second-order valence-electron chi connectivity index (χ2n) is 5.92. The summed E-state index contributed by atoms with van der Waals surface area (Å²) in [6.07, 6.45) is 2.18. The molecule has 0 fully saturated rings. The summed E-state index contributed by atoms with van der Waals surface area (Å²) in [4.78, 5) is 13.1. The normalized spacial score (nSPS) is 16.6. The number of halogens is 2. The van der Waals surface area contributed by atoms with Crippen molar-refractivity contribution in [3.8, 4) is 0 Å². The van der Waals surface area contributed by atoms with E-state index >= 15 is 0 Å². The molecular formula is C20H14BrClN2O2. The van der Waals surface area contributed by atoms with E-state index in [4.69, 9.17) is 16.0 Å². The molecule has 1 aromatic heterocycles. The van der Waals surface area contributed by atoms with Crippen LogP contribution in [0.1, 0.15) is 34.1 Å². The molecule has 1 aliphatic rings. The number of hydrogen-bond donors (Lipinski definition) is 0. The first-order valence-electron chi connectivity index (χ1n) is 8.08. The largest absolute Gasteiger partial charge is 0.463 e. The van der Waals surface area contributed by atoms with Crippen LogP contribution in [0, 0.1) is 0 Å². The van der Waals surface area contributed by atoms with Gasteiger partial charge in [0.2, 0.25) is 0 Å². The van der Waals surface area contributed by atoms with Crippen molar-refractivity contribution in [2.45, 2.75) is 12.5 Å². The molecule has 0 saturated heterocycles. The number of furan rings is 1. The average molecular weight is 430 g/mol. The molecule has 1 aliphatic heterocycles. The quantitative estimate of drug-likeness (QED) is 0.537. The second-order valence-corrected chi connectivity index (χ2v) is 7.21. The molecule has 4 nitrogen and oxygen atoms in total. The summed E-state index contributed by atoms with van der Waals surface area (Å²) < 4.78 is 6.42. The van der Waals surface area contributed by atoms with Crippen LogP contribution < -0.4 is 0 Å². The summed E-state index contributed by atoms with van der Waals surface area (Å²) in [5.74, 6) is 0.498. The Morgan fingerprint density at radius 3 is 2.58 bits per heavy atom. The highest BCUT2D eigenvalue weighted by Gasteiger charge is 2.35. The molecule has 4 rings (SSSR count). The van der Waals surface area contributed by atoms with Crippen LogP contribution in [0.3, 0.4) is 0 Å². The van der Waals surface area contributed by atoms with Gasteiger partial charge in [-0.2, -0.15) is 5.10 Å². The number of carbonyl (C=O) groups is 1. The first kappa shape index (κ1) is 17.1. The number of amides is 1.